The first-order valence-electron chi connectivity index (χ1n) is 9.42. The van der Waals surface area contributed by atoms with Crippen LogP contribution in [-0.2, 0) is 31.6 Å². The third-order valence-corrected chi connectivity index (χ3v) is 6.76. The van der Waals surface area contributed by atoms with E-state index < -0.39 is 50.9 Å². The van der Waals surface area contributed by atoms with Gasteiger partial charge in [0, 0.05) is 11.8 Å². The van der Waals surface area contributed by atoms with Gasteiger partial charge in [0.2, 0.25) is 0 Å². The summed E-state index contributed by atoms with van der Waals surface area (Å²) >= 11 is 5.00. The number of ether oxygens (including phenoxy) is 1. The van der Waals surface area contributed by atoms with Gasteiger partial charge in [-0.1, -0.05) is 18.2 Å². The summed E-state index contributed by atoms with van der Waals surface area (Å²) in [5.74, 6) is -2.73. The van der Waals surface area contributed by atoms with E-state index in [0.29, 0.717) is 11.1 Å². The van der Waals surface area contributed by atoms with E-state index in [4.69, 9.17) is 30.5 Å². The highest BCUT2D eigenvalue weighted by atomic mass is 32.1. The summed E-state index contributed by atoms with van der Waals surface area (Å²) in [6.45, 7) is -0.133. The van der Waals surface area contributed by atoms with Crippen molar-refractivity contribution in [2.24, 2.45) is 0 Å². The second-order valence-electron chi connectivity index (χ2n) is 7.36. The van der Waals surface area contributed by atoms with E-state index >= 15 is 4.39 Å². The van der Waals surface area contributed by atoms with E-state index in [1.165, 1.54) is 0 Å². The third kappa shape index (κ3) is 4.06. The number of fused-ring (bicyclic) bond motifs is 1. The fourth-order valence-electron chi connectivity index (χ4n) is 3.40. The van der Waals surface area contributed by atoms with Crippen molar-refractivity contribution in [3.8, 4) is 5.75 Å². The van der Waals surface area contributed by atoms with Gasteiger partial charge in [-0.3, -0.25) is 23.4 Å². The summed E-state index contributed by atoms with van der Waals surface area (Å²) < 4.78 is 49.7. The number of hydrogen-bond donors (Lipinski definition) is 4. The van der Waals surface area contributed by atoms with Gasteiger partial charge >= 0.3 is 7.82 Å². The zero-order chi connectivity index (χ0) is 23.3. The molecule has 174 valence electrons. The van der Waals surface area contributed by atoms with Gasteiger partial charge in [0.15, 0.2) is 11.0 Å². The van der Waals surface area contributed by atoms with E-state index in [1.54, 1.807) is 25.1 Å². The Morgan fingerprint density at radius 1 is 1.44 bits per heavy atom. The van der Waals surface area contributed by atoms with E-state index in [2.05, 4.69) is 4.98 Å². The molecule has 0 amide bonds. The summed E-state index contributed by atoms with van der Waals surface area (Å²) in [5, 5.41) is 29.9. The maximum atomic E-state index is 15.4. The second kappa shape index (κ2) is 8.43. The first-order chi connectivity index (χ1) is 15.1. The molecule has 1 fully saturated rings. The molecule has 3 heterocycles. The molecule has 1 aromatic heterocycles. The number of aliphatic hydroxyl groups is 3. The summed E-state index contributed by atoms with van der Waals surface area (Å²) in [6, 6.07) is 5.20. The van der Waals surface area contributed by atoms with E-state index in [0.717, 1.165) is 10.8 Å². The van der Waals surface area contributed by atoms with Crippen molar-refractivity contribution in [1.29, 1.82) is 0 Å². The minimum absolute atomic E-state index is 0.0985. The van der Waals surface area contributed by atoms with Crippen LogP contribution in [0.3, 0.4) is 0 Å². The van der Waals surface area contributed by atoms with Crippen LogP contribution < -0.4 is 10.1 Å². The number of aromatic amines is 1. The van der Waals surface area contributed by atoms with Gasteiger partial charge in [0.05, 0.1) is 18.8 Å². The molecular formula is C18H20FN2O9PS. The number of aromatic nitrogens is 2. The predicted octanol–water partition coefficient (Wildman–Crippen LogP) is 1.36. The molecule has 4 N–H and O–H groups in total. The highest BCUT2D eigenvalue weighted by Gasteiger charge is 2.57. The van der Waals surface area contributed by atoms with Crippen LogP contribution in [0.2, 0.25) is 0 Å². The quantitative estimate of drug-likeness (QED) is 0.357. The molecule has 1 aromatic carbocycles. The number of hydrogen-bond acceptors (Lipinski definition) is 10. The lowest BCUT2D eigenvalue weighted by Gasteiger charge is -2.29. The van der Waals surface area contributed by atoms with Crippen LogP contribution in [0.4, 0.5) is 4.39 Å². The Bertz CT molecular complexity index is 1200. The zero-order valence-corrected chi connectivity index (χ0v) is 18.3. The number of nitrogens with one attached hydrogen (secondary N) is 1. The Morgan fingerprint density at radius 2 is 2.19 bits per heavy atom. The number of benzene rings is 1. The zero-order valence-electron chi connectivity index (χ0n) is 16.6. The van der Waals surface area contributed by atoms with Gasteiger partial charge in [-0.15, -0.1) is 0 Å². The number of aliphatic hydroxyl groups excluding tert-OH is 3. The van der Waals surface area contributed by atoms with Crippen molar-refractivity contribution in [2.45, 2.75) is 44.4 Å². The highest BCUT2D eigenvalue weighted by Crippen LogP contribution is 2.56. The summed E-state index contributed by atoms with van der Waals surface area (Å²) in [7, 11) is -4.26. The molecule has 2 aliphatic rings. The molecule has 5 atom stereocenters. The van der Waals surface area contributed by atoms with E-state index in [-0.39, 0.29) is 22.7 Å². The van der Waals surface area contributed by atoms with Crippen LogP contribution in [0, 0.1) is 11.7 Å². The number of phosphoric ester groups is 1. The number of para-hydroxylation sites is 1. The van der Waals surface area contributed by atoms with Gasteiger partial charge in [-0.05, 0) is 24.7 Å². The lowest BCUT2D eigenvalue weighted by Crippen LogP contribution is -2.43. The Labute approximate surface area is 185 Å². The van der Waals surface area contributed by atoms with Crippen LogP contribution in [0.1, 0.15) is 22.9 Å². The molecule has 32 heavy (non-hydrogen) atoms. The average Bonchev–Trinajstić information content (AvgIpc) is 2.98. The Hall–Kier alpha value is -1.96. The van der Waals surface area contributed by atoms with Crippen molar-refractivity contribution in [2.75, 3.05) is 6.61 Å². The molecule has 4 rings (SSSR count). The Morgan fingerprint density at radius 3 is 2.91 bits per heavy atom. The van der Waals surface area contributed by atoms with Crippen LogP contribution in [0.15, 0.2) is 29.2 Å². The molecule has 2 aliphatic heterocycles. The lowest BCUT2D eigenvalue weighted by atomic mass is 10.1. The van der Waals surface area contributed by atoms with Gasteiger partial charge in [-0.25, -0.2) is 8.96 Å². The number of aryl methyl sites for hydroxylation is 1. The number of H-pyrrole nitrogens is 1. The minimum atomic E-state index is -4.26. The fourth-order valence-corrected chi connectivity index (χ4v) is 4.94. The number of phosphoric acid groups is 1. The van der Waals surface area contributed by atoms with Crippen molar-refractivity contribution < 1.29 is 42.6 Å². The standard InChI is InChI=1S/C18H20FN2O9PS/c1-9-3-2-4-10-7-27-31(26,30-13(9)10)28-8-18(19)14(24)12(23)16(29-18)21-5-11(6-22)15(25)20-17(21)32/h2-5,12,14,16,22-24H,6-8H2,1H3,(H,20,25,32)/t12-,14+,16-,18-,31?/m1/s1. The van der Waals surface area contributed by atoms with Gasteiger partial charge < -0.3 is 24.6 Å². The second-order valence-corrected chi connectivity index (χ2v) is 9.34. The minimum Gasteiger partial charge on any atom is -0.403 e. The maximum absolute atomic E-state index is 15.4. The van der Waals surface area contributed by atoms with Gasteiger partial charge in [0.1, 0.15) is 24.6 Å². The third-order valence-electron chi connectivity index (χ3n) is 5.15. The van der Waals surface area contributed by atoms with Crippen molar-refractivity contribution in [3.05, 3.63) is 56.2 Å². The molecular weight excluding hydrogens is 470 g/mol. The summed E-state index contributed by atoms with van der Waals surface area (Å²) in [6.07, 6.45) is -4.48. The van der Waals surface area contributed by atoms with Crippen LogP contribution >= 0.6 is 20.0 Å². The highest BCUT2D eigenvalue weighted by molar-refractivity contribution is 7.71. The fraction of sp³-hybridized carbons (Fsp3) is 0.444. The van der Waals surface area contributed by atoms with E-state index in [1.807, 2.05) is 0 Å². The molecule has 1 saturated heterocycles. The Kier molecular flexibility index (Phi) is 6.11. The normalized spacial score (nSPS) is 31.8. The first kappa shape index (κ1) is 23.2. The van der Waals surface area contributed by atoms with Gasteiger partial charge in [0.25, 0.3) is 11.4 Å². The molecule has 2 aromatic rings. The average molecular weight is 490 g/mol. The van der Waals surface area contributed by atoms with Crippen LogP contribution in [0.25, 0.3) is 0 Å². The molecule has 0 spiro atoms. The van der Waals surface area contributed by atoms with Crippen molar-refractivity contribution >= 4 is 20.0 Å². The topological polar surface area (TPSA) is 152 Å². The van der Waals surface area contributed by atoms with Crippen LogP contribution in [0.5, 0.6) is 5.75 Å². The molecule has 0 bridgehead atoms. The van der Waals surface area contributed by atoms with E-state index in [9.17, 15) is 24.7 Å². The van der Waals surface area contributed by atoms with Gasteiger partial charge in [-0.2, -0.15) is 0 Å². The molecule has 1 unspecified atom stereocenters. The number of alkyl halides is 1. The number of halogens is 1. The smallest absolute Gasteiger partial charge is 0.403 e. The summed E-state index contributed by atoms with van der Waals surface area (Å²) in [4.78, 5) is 14.0. The summed E-state index contributed by atoms with van der Waals surface area (Å²) in [5.41, 5.74) is 0.509. The lowest BCUT2D eigenvalue weighted by molar-refractivity contribution is -0.205. The van der Waals surface area contributed by atoms with Crippen LogP contribution in [-0.4, -0.2) is 49.5 Å². The first-order valence-corrected chi connectivity index (χ1v) is 11.3. The molecule has 14 heteroatoms. The largest absolute Gasteiger partial charge is 0.530 e. The molecule has 11 nitrogen and oxygen atoms in total. The molecule has 0 radical (unpaired) electrons. The number of nitrogens with zero attached hydrogens (tertiary/aromatic N) is 1. The number of rotatable bonds is 5. The predicted molar refractivity (Wildman–Crippen MR) is 108 cm³/mol. The van der Waals surface area contributed by atoms with Crippen molar-refractivity contribution in [3.63, 3.8) is 0 Å². The maximum Gasteiger partial charge on any atom is 0.530 e. The molecule has 0 saturated carbocycles. The monoisotopic (exact) mass is 490 g/mol. The molecule has 0 aliphatic carbocycles. The SMILES string of the molecule is Cc1cccc2c1OP(=O)(OC[C@@]1(F)O[C@@H](n3cc(CO)c(=O)[nH]c3=S)[C@H](O)[C@@H]1O)OC2. The Balaban J connectivity index is 1.54. The van der Waals surface area contributed by atoms with Crippen molar-refractivity contribution in [1.82, 2.24) is 9.55 Å².